The minimum absolute atomic E-state index is 0.661. The van der Waals surface area contributed by atoms with Crippen molar-refractivity contribution >= 4 is 17.4 Å². The summed E-state index contributed by atoms with van der Waals surface area (Å²) in [5.74, 6) is 3.61. The monoisotopic (exact) mass is 300 g/mol. The number of anilines is 1. The van der Waals surface area contributed by atoms with Crippen molar-refractivity contribution in [2.75, 3.05) is 11.6 Å². The lowest BCUT2D eigenvalue weighted by atomic mass is 10.1. The number of hydrogen-bond donors (Lipinski definition) is 1. The van der Waals surface area contributed by atoms with E-state index >= 15 is 0 Å². The van der Waals surface area contributed by atoms with E-state index in [-0.39, 0.29) is 0 Å². The molecular formula is C16H16N2O2S. The van der Waals surface area contributed by atoms with E-state index in [0.29, 0.717) is 6.54 Å². The summed E-state index contributed by atoms with van der Waals surface area (Å²) in [6.45, 7) is 0.661. The number of thioether (sulfide) groups is 1. The van der Waals surface area contributed by atoms with Gasteiger partial charge in [0, 0.05) is 11.3 Å². The number of aromatic nitrogens is 1. The average Bonchev–Trinajstić information content (AvgIpc) is 3.18. The van der Waals surface area contributed by atoms with Gasteiger partial charge in [-0.25, -0.2) is 4.98 Å². The minimum Gasteiger partial charge on any atom is -0.463 e. The molecule has 0 aliphatic carbocycles. The fourth-order valence-corrected chi connectivity index (χ4v) is 2.51. The Morgan fingerprint density at radius 1 is 1.19 bits per heavy atom. The van der Waals surface area contributed by atoms with Gasteiger partial charge in [-0.15, -0.1) is 0 Å². The second-order valence-electron chi connectivity index (χ2n) is 4.60. The van der Waals surface area contributed by atoms with Gasteiger partial charge in [0.15, 0.2) is 12.2 Å². The van der Waals surface area contributed by atoms with Crippen molar-refractivity contribution in [3.05, 3.63) is 60.5 Å². The van der Waals surface area contributed by atoms with E-state index in [1.165, 1.54) is 6.39 Å². The van der Waals surface area contributed by atoms with Crippen molar-refractivity contribution in [2.45, 2.75) is 12.3 Å². The average molecular weight is 300 g/mol. The Morgan fingerprint density at radius 3 is 2.90 bits per heavy atom. The SMILES string of the molecule is CSCc1ccc(CNc2cccc(-c3cnco3)c2)o1. The van der Waals surface area contributed by atoms with Crippen LogP contribution in [-0.4, -0.2) is 11.2 Å². The van der Waals surface area contributed by atoms with Gasteiger partial charge in [-0.2, -0.15) is 11.8 Å². The van der Waals surface area contributed by atoms with Crippen LogP contribution in [0.15, 0.2) is 57.8 Å². The van der Waals surface area contributed by atoms with Gasteiger partial charge in [0.1, 0.15) is 11.5 Å². The van der Waals surface area contributed by atoms with E-state index in [1.807, 2.05) is 36.4 Å². The third-order valence-corrected chi connectivity index (χ3v) is 3.62. The van der Waals surface area contributed by atoms with E-state index < -0.39 is 0 Å². The van der Waals surface area contributed by atoms with Crippen LogP contribution in [0.4, 0.5) is 5.69 Å². The fourth-order valence-electron chi connectivity index (χ4n) is 2.07. The number of rotatable bonds is 6. The number of hydrogen-bond acceptors (Lipinski definition) is 5. The summed E-state index contributed by atoms with van der Waals surface area (Å²) in [5, 5.41) is 3.36. The van der Waals surface area contributed by atoms with Crippen molar-refractivity contribution in [3.63, 3.8) is 0 Å². The van der Waals surface area contributed by atoms with Gasteiger partial charge in [0.2, 0.25) is 0 Å². The molecule has 0 unspecified atom stereocenters. The Bertz CT molecular complexity index is 692. The molecule has 2 aromatic heterocycles. The van der Waals surface area contributed by atoms with Crippen LogP contribution in [0.3, 0.4) is 0 Å². The highest BCUT2D eigenvalue weighted by Gasteiger charge is 2.04. The van der Waals surface area contributed by atoms with E-state index in [1.54, 1.807) is 18.0 Å². The van der Waals surface area contributed by atoms with E-state index in [0.717, 1.165) is 34.3 Å². The number of furan rings is 1. The molecule has 3 rings (SSSR count). The molecule has 5 heteroatoms. The minimum atomic E-state index is 0.661. The maximum absolute atomic E-state index is 5.74. The normalized spacial score (nSPS) is 10.7. The van der Waals surface area contributed by atoms with Crippen LogP contribution in [0.25, 0.3) is 11.3 Å². The smallest absolute Gasteiger partial charge is 0.181 e. The Kier molecular flexibility index (Phi) is 4.31. The topological polar surface area (TPSA) is 51.2 Å². The number of nitrogens with zero attached hydrogens (tertiary/aromatic N) is 1. The summed E-state index contributed by atoms with van der Waals surface area (Å²) in [5.41, 5.74) is 2.02. The molecule has 108 valence electrons. The summed E-state index contributed by atoms with van der Waals surface area (Å²) in [7, 11) is 0. The van der Waals surface area contributed by atoms with Crippen molar-refractivity contribution in [3.8, 4) is 11.3 Å². The first-order valence-electron chi connectivity index (χ1n) is 6.64. The summed E-state index contributed by atoms with van der Waals surface area (Å²) in [6, 6.07) is 12.1. The third-order valence-electron chi connectivity index (χ3n) is 3.05. The number of nitrogens with one attached hydrogen (secondary N) is 1. The van der Waals surface area contributed by atoms with E-state index in [4.69, 9.17) is 8.83 Å². The molecule has 0 saturated heterocycles. The zero-order chi connectivity index (χ0) is 14.5. The third kappa shape index (κ3) is 3.49. The molecule has 0 bridgehead atoms. The molecule has 4 nitrogen and oxygen atoms in total. The lowest BCUT2D eigenvalue weighted by Crippen LogP contribution is -1.97. The summed E-state index contributed by atoms with van der Waals surface area (Å²) < 4.78 is 11.0. The quantitative estimate of drug-likeness (QED) is 0.730. The van der Waals surface area contributed by atoms with E-state index in [9.17, 15) is 0 Å². The van der Waals surface area contributed by atoms with Crippen LogP contribution in [0, 0.1) is 0 Å². The van der Waals surface area contributed by atoms with Crippen LogP contribution in [0.2, 0.25) is 0 Å². The highest BCUT2D eigenvalue weighted by Crippen LogP contribution is 2.22. The summed E-state index contributed by atoms with van der Waals surface area (Å²) >= 11 is 1.75. The van der Waals surface area contributed by atoms with Crippen molar-refractivity contribution in [1.29, 1.82) is 0 Å². The van der Waals surface area contributed by atoms with Gasteiger partial charge < -0.3 is 14.2 Å². The highest BCUT2D eigenvalue weighted by molar-refractivity contribution is 7.97. The van der Waals surface area contributed by atoms with Crippen LogP contribution in [-0.2, 0) is 12.3 Å². The molecule has 0 aliphatic heterocycles. The Morgan fingerprint density at radius 2 is 2.10 bits per heavy atom. The molecule has 3 aromatic rings. The number of benzene rings is 1. The number of oxazole rings is 1. The lowest BCUT2D eigenvalue weighted by Gasteiger charge is -2.06. The molecule has 1 aromatic carbocycles. The largest absolute Gasteiger partial charge is 0.463 e. The molecule has 0 saturated carbocycles. The first-order chi connectivity index (χ1) is 10.3. The molecule has 0 fully saturated rings. The molecule has 0 radical (unpaired) electrons. The summed E-state index contributed by atoms with van der Waals surface area (Å²) in [6.07, 6.45) is 5.21. The molecule has 0 atom stereocenters. The predicted octanol–water partition coefficient (Wildman–Crippen LogP) is 4.41. The molecule has 0 aliphatic rings. The first-order valence-corrected chi connectivity index (χ1v) is 8.04. The van der Waals surface area contributed by atoms with E-state index in [2.05, 4.69) is 16.6 Å². The molecule has 21 heavy (non-hydrogen) atoms. The van der Waals surface area contributed by atoms with Crippen LogP contribution in [0.5, 0.6) is 0 Å². The highest BCUT2D eigenvalue weighted by atomic mass is 32.2. The Balaban J connectivity index is 1.66. The van der Waals surface area contributed by atoms with Gasteiger partial charge in [0.05, 0.1) is 18.5 Å². The van der Waals surface area contributed by atoms with Gasteiger partial charge >= 0.3 is 0 Å². The maximum Gasteiger partial charge on any atom is 0.181 e. The first kappa shape index (κ1) is 13.8. The zero-order valence-electron chi connectivity index (χ0n) is 11.7. The van der Waals surface area contributed by atoms with Gasteiger partial charge in [-0.1, -0.05) is 12.1 Å². The predicted molar refractivity (Wildman–Crippen MR) is 85.2 cm³/mol. The molecular weight excluding hydrogens is 284 g/mol. The second-order valence-corrected chi connectivity index (χ2v) is 5.47. The Hall–Kier alpha value is -2.14. The molecule has 2 heterocycles. The lowest BCUT2D eigenvalue weighted by molar-refractivity contribution is 0.487. The van der Waals surface area contributed by atoms with Crippen molar-refractivity contribution < 1.29 is 8.83 Å². The molecule has 1 N–H and O–H groups in total. The van der Waals surface area contributed by atoms with Crippen molar-refractivity contribution in [1.82, 2.24) is 4.98 Å². The second kappa shape index (κ2) is 6.54. The maximum atomic E-state index is 5.74. The molecule has 0 amide bonds. The van der Waals surface area contributed by atoms with Crippen LogP contribution >= 0.6 is 11.8 Å². The van der Waals surface area contributed by atoms with Crippen LogP contribution < -0.4 is 5.32 Å². The Labute approximate surface area is 127 Å². The van der Waals surface area contributed by atoms with Gasteiger partial charge in [0.25, 0.3) is 0 Å². The van der Waals surface area contributed by atoms with Gasteiger partial charge in [-0.05, 0) is 30.5 Å². The zero-order valence-corrected chi connectivity index (χ0v) is 12.5. The van der Waals surface area contributed by atoms with Crippen molar-refractivity contribution in [2.24, 2.45) is 0 Å². The fraction of sp³-hybridized carbons (Fsp3) is 0.188. The van der Waals surface area contributed by atoms with Crippen LogP contribution in [0.1, 0.15) is 11.5 Å². The standard InChI is InChI=1S/C16H16N2O2S/c1-21-10-15-6-5-14(20-15)8-18-13-4-2-3-12(7-13)16-9-17-11-19-16/h2-7,9,11,18H,8,10H2,1H3. The molecule has 0 spiro atoms. The summed E-state index contributed by atoms with van der Waals surface area (Å²) in [4.78, 5) is 3.94. The van der Waals surface area contributed by atoms with Gasteiger partial charge in [-0.3, -0.25) is 0 Å².